The predicted octanol–water partition coefficient (Wildman–Crippen LogP) is 2.03. The summed E-state index contributed by atoms with van der Waals surface area (Å²) in [5.74, 6) is -0.982. The third-order valence-electron chi connectivity index (χ3n) is 2.64. The maximum atomic E-state index is 11.0. The van der Waals surface area contributed by atoms with Crippen LogP contribution >= 0.6 is 0 Å². The number of aromatic carboxylic acids is 1. The lowest BCUT2D eigenvalue weighted by molar-refractivity contribution is 0.0695. The number of nitrogens with zero attached hydrogens (tertiary/aromatic N) is 3. The number of rotatable bonds is 1. The van der Waals surface area contributed by atoms with Gasteiger partial charge in [-0.15, -0.1) is 0 Å². The van der Waals surface area contributed by atoms with Crippen LogP contribution in [0.2, 0.25) is 0 Å². The first kappa shape index (κ1) is 11.6. The zero-order chi connectivity index (χ0) is 12.8. The average Bonchev–Trinajstić information content (AvgIpc) is 2.58. The van der Waals surface area contributed by atoms with Crippen LogP contribution in [0.4, 0.5) is 0 Å². The number of aryl methyl sites for hydroxylation is 1. The van der Waals surface area contributed by atoms with Gasteiger partial charge < -0.3 is 5.11 Å². The van der Waals surface area contributed by atoms with Crippen molar-refractivity contribution in [3.8, 4) is 0 Å². The monoisotopic (exact) mass is 233 g/mol. The Bertz CT molecular complexity index is 594. The molecule has 5 nitrogen and oxygen atoms in total. The van der Waals surface area contributed by atoms with Crippen LogP contribution in [0.15, 0.2) is 12.3 Å². The fourth-order valence-electron chi connectivity index (χ4n) is 1.59. The van der Waals surface area contributed by atoms with Crippen molar-refractivity contribution in [2.24, 2.45) is 0 Å². The molecule has 0 saturated heterocycles. The van der Waals surface area contributed by atoms with Gasteiger partial charge in [0.15, 0.2) is 5.65 Å². The van der Waals surface area contributed by atoms with Crippen molar-refractivity contribution in [2.45, 2.75) is 33.1 Å². The minimum absolute atomic E-state index is 0.0784. The van der Waals surface area contributed by atoms with Gasteiger partial charge in [-0.3, -0.25) is 0 Å². The van der Waals surface area contributed by atoms with Crippen molar-refractivity contribution < 1.29 is 9.90 Å². The Balaban J connectivity index is 2.67. The molecule has 2 rings (SSSR count). The molecule has 90 valence electrons. The number of hydrogen-bond acceptors (Lipinski definition) is 3. The molecule has 0 saturated carbocycles. The van der Waals surface area contributed by atoms with Gasteiger partial charge in [0.1, 0.15) is 0 Å². The summed E-state index contributed by atoms with van der Waals surface area (Å²) in [7, 11) is 0. The molecular weight excluding hydrogens is 218 g/mol. The van der Waals surface area contributed by atoms with Crippen molar-refractivity contribution in [1.29, 1.82) is 0 Å². The van der Waals surface area contributed by atoms with Crippen LogP contribution in [0, 0.1) is 6.92 Å². The minimum atomic E-state index is -0.982. The van der Waals surface area contributed by atoms with Crippen molar-refractivity contribution in [3.05, 3.63) is 29.2 Å². The number of aromatic nitrogens is 3. The third-order valence-corrected chi connectivity index (χ3v) is 2.64. The Morgan fingerprint density at radius 2 is 2.06 bits per heavy atom. The highest BCUT2D eigenvalue weighted by Crippen LogP contribution is 2.22. The molecule has 17 heavy (non-hydrogen) atoms. The Morgan fingerprint density at radius 1 is 1.41 bits per heavy atom. The van der Waals surface area contributed by atoms with Crippen molar-refractivity contribution in [2.75, 3.05) is 0 Å². The summed E-state index contributed by atoms with van der Waals surface area (Å²) in [5, 5.41) is 13.4. The molecule has 0 aromatic carbocycles. The maximum Gasteiger partial charge on any atom is 0.339 e. The van der Waals surface area contributed by atoms with Crippen LogP contribution in [0.1, 0.15) is 42.5 Å². The van der Waals surface area contributed by atoms with E-state index in [4.69, 9.17) is 5.11 Å². The molecule has 2 aromatic heterocycles. The molecule has 0 spiro atoms. The van der Waals surface area contributed by atoms with E-state index in [1.807, 2.05) is 6.07 Å². The molecule has 0 aliphatic rings. The van der Waals surface area contributed by atoms with E-state index in [2.05, 4.69) is 30.9 Å². The number of carboxylic acids is 1. The SMILES string of the molecule is Cc1nc2cc(C(C)(C)C)nn2cc1C(=O)O. The lowest BCUT2D eigenvalue weighted by Crippen LogP contribution is -2.12. The predicted molar refractivity (Wildman–Crippen MR) is 63.4 cm³/mol. The van der Waals surface area contributed by atoms with Gasteiger partial charge in [0, 0.05) is 17.7 Å². The minimum Gasteiger partial charge on any atom is -0.478 e. The van der Waals surface area contributed by atoms with Crippen LogP contribution in [0.25, 0.3) is 5.65 Å². The van der Waals surface area contributed by atoms with Crippen molar-refractivity contribution >= 4 is 11.6 Å². The van der Waals surface area contributed by atoms with Crippen LogP contribution in [0.5, 0.6) is 0 Å². The summed E-state index contributed by atoms with van der Waals surface area (Å²) in [6, 6.07) is 1.89. The van der Waals surface area contributed by atoms with Gasteiger partial charge in [0.25, 0.3) is 0 Å². The summed E-state index contributed by atoms with van der Waals surface area (Å²) >= 11 is 0. The standard InChI is InChI=1S/C12H15N3O2/c1-7-8(11(16)17)6-15-10(13-7)5-9(14-15)12(2,3)4/h5-6H,1-4H3,(H,16,17). The number of fused-ring (bicyclic) bond motifs is 1. The lowest BCUT2D eigenvalue weighted by atomic mass is 9.93. The number of hydrogen-bond donors (Lipinski definition) is 1. The van der Waals surface area contributed by atoms with Crippen LogP contribution in [0.3, 0.4) is 0 Å². The number of carboxylic acid groups (broad SMARTS) is 1. The first-order chi connectivity index (χ1) is 7.79. The summed E-state index contributed by atoms with van der Waals surface area (Å²) in [6.45, 7) is 7.85. The molecule has 2 aromatic rings. The quantitative estimate of drug-likeness (QED) is 0.818. The summed E-state index contributed by atoms with van der Waals surface area (Å²) in [5.41, 5.74) is 2.18. The van der Waals surface area contributed by atoms with Gasteiger partial charge in [-0.2, -0.15) is 5.10 Å². The molecule has 1 N–H and O–H groups in total. The van der Waals surface area contributed by atoms with Gasteiger partial charge >= 0.3 is 5.97 Å². The second-order valence-corrected chi connectivity index (χ2v) is 5.13. The topological polar surface area (TPSA) is 67.5 Å². The van der Waals surface area contributed by atoms with Gasteiger partial charge in [-0.25, -0.2) is 14.3 Å². The zero-order valence-electron chi connectivity index (χ0n) is 10.4. The molecule has 0 aliphatic carbocycles. The molecule has 0 radical (unpaired) electrons. The van der Waals surface area contributed by atoms with Crippen molar-refractivity contribution in [3.63, 3.8) is 0 Å². The Labute approximate surface area is 99.1 Å². The highest BCUT2D eigenvalue weighted by atomic mass is 16.4. The fourth-order valence-corrected chi connectivity index (χ4v) is 1.59. The van der Waals surface area contributed by atoms with Crippen LogP contribution in [-0.4, -0.2) is 25.7 Å². The second-order valence-electron chi connectivity index (χ2n) is 5.13. The third kappa shape index (κ3) is 2.00. The van der Waals surface area contributed by atoms with Gasteiger partial charge in [0.05, 0.1) is 17.0 Å². The fraction of sp³-hybridized carbons (Fsp3) is 0.417. The molecule has 0 amide bonds. The largest absolute Gasteiger partial charge is 0.478 e. The van der Waals surface area contributed by atoms with E-state index >= 15 is 0 Å². The Morgan fingerprint density at radius 3 is 2.59 bits per heavy atom. The normalized spacial score (nSPS) is 12.0. The average molecular weight is 233 g/mol. The van der Waals surface area contributed by atoms with E-state index in [1.54, 1.807) is 6.92 Å². The second kappa shape index (κ2) is 3.55. The molecule has 5 heteroatoms. The lowest BCUT2D eigenvalue weighted by Gasteiger charge is -2.13. The Hall–Kier alpha value is -1.91. The van der Waals surface area contributed by atoms with Crippen LogP contribution < -0.4 is 0 Å². The Kier molecular flexibility index (Phi) is 2.41. The van der Waals surface area contributed by atoms with Crippen molar-refractivity contribution in [1.82, 2.24) is 14.6 Å². The summed E-state index contributed by atoms with van der Waals surface area (Å²) in [4.78, 5) is 15.2. The van der Waals surface area contributed by atoms with Gasteiger partial charge in [0.2, 0.25) is 0 Å². The first-order valence-electron chi connectivity index (χ1n) is 5.40. The molecule has 2 heterocycles. The molecule has 0 aliphatic heterocycles. The van der Waals surface area contributed by atoms with Crippen LogP contribution in [-0.2, 0) is 5.41 Å². The van der Waals surface area contributed by atoms with E-state index in [0.29, 0.717) is 11.3 Å². The van der Waals surface area contributed by atoms with Gasteiger partial charge in [-0.05, 0) is 6.92 Å². The van der Waals surface area contributed by atoms with E-state index < -0.39 is 5.97 Å². The highest BCUT2D eigenvalue weighted by Gasteiger charge is 2.19. The van der Waals surface area contributed by atoms with E-state index in [0.717, 1.165) is 5.69 Å². The maximum absolute atomic E-state index is 11.0. The number of carbonyl (C=O) groups is 1. The highest BCUT2D eigenvalue weighted by molar-refractivity contribution is 5.88. The van der Waals surface area contributed by atoms with E-state index in [9.17, 15) is 4.79 Å². The van der Waals surface area contributed by atoms with E-state index in [1.165, 1.54) is 10.7 Å². The zero-order valence-corrected chi connectivity index (χ0v) is 10.4. The summed E-state index contributed by atoms with van der Waals surface area (Å²) in [6.07, 6.45) is 1.51. The van der Waals surface area contributed by atoms with E-state index in [-0.39, 0.29) is 11.0 Å². The molecular formula is C12H15N3O2. The molecule has 0 fully saturated rings. The molecule has 0 unspecified atom stereocenters. The van der Waals surface area contributed by atoms with Gasteiger partial charge in [-0.1, -0.05) is 20.8 Å². The summed E-state index contributed by atoms with van der Waals surface area (Å²) < 4.78 is 1.52. The molecule has 0 bridgehead atoms. The first-order valence-corrected chi connectivity index (χ1v) is 5.40. The smallest absolute Gasteiger partial charge is 0.339 e. The molecule has 0 atom stereocenters.